The van der Waals surface area contributed by atoms with Gasteiger partial charge in [-0.1, -0.05) is 11.8 Å². The van der Waals surface area contributed by atoms with Crippen molar-refractivity contribution < 1.29 is 14.3 Å². The van der Waals surface area contributed by atoms with Crippen LogP contribution < -0.4 is 9.47 Å². The average molecular weight is 304 g/mol. The molecular weight excluding hydrogens is 288 g/mol. The van der Waals surface area contributed by atoms with Crippen LogP contribution in [0.15, 0.2) is 28.1 Å². The molecular formula is C15H16N2O3S. The standard InChI is InChI=1S/C15H16N2O3S/c1-10-12(9-18)15(17(2)16-10)21-11-4-5-13-14(8-11)20-7-3-6-19-13/h4-5,8-9H,3,6-7H2,1-2H3. The molecule has 6 heteroatoms. The van der Waals surface area contributed by atoms with Gasteiger partial charge < -0.3 is 9.47 Å². The number of nitrogens with zero attached hydrogens (tertiary/aromatic N) is 2. The van der Waals surface area contributed by atoms with Crippen LogP contribution in [0.1, 0.15) is 22.5 Å². The molecule has 0 unspecified atom stereocenters. The monoisotopic (exact) mass is 304 g/mol. The quantitative estimate of drug-likeness (QED) is 0.816. The zero-order valence-electron chi connectivity index (χ0n) is 12.0. The van der Waals surface area contributed by atoms with Crippen LogP contribution in [0.4, 0.5) is 0 Å². The van der Waals surface area contributed by atoms with E-state index in [4.69, 9.17) is 9.47 Å². The highest BCUT2D eigenvalue weighted by Gasteiger charge is 2.16. The van der Waals surface area contributed by atoms with Gasteiger partial charge in [-0.2, -0.15) is 5.10 Å². The fraction of sp³-hybridized carbons (Fsp3) is 0.333. The van der Waals surface area contributed by atoms with Crippen LogP contribution >= 0.6 is 11.8 Å². The number of carbonyl (C=O) groups is 1. The Kier molecular flexibility index (Phi) is 3.88. The fourth-order valence-corrected chi connectivity index (χ4v) is 3.23. The molecule has 110 valence electrons. The molecule has 0 radical (unpaired) electrons. The van der Waals surface area contributed by atoms with Crippen molar-refractivity contribution in [3.63, 3.8) is 0 Å². The van der Waals surface area contributed by atoms with Crippen LogP contribution in [0.3, 0.4) is 0 Å². The highest BCUT2D eigenvalue weighted by atomic mass is 32.2. The smallest absolute Gasteiger partial charge is 0.162 e. The predicted octanol–water partition coefficient (Wildman–Crippen LogP) is 2.85. The van der Waals surface area contributed by atoms with Crippen molar-refractivity contribution in [1.29, 1.82) is 0 Å². The second-order valence-electron chi connectivity index (χ2n) is 4.81. The van der Waals surface area contributed by atoms with Gasteiger partial charge in [-0.15, -0.1) is 0 Å². The van der Waals surface area contributed by atoms with Crippen molar-refractivity contribution in [1.82, 2.24) is 9.78 Å². The first-order chi connectivity index (χ1) is 10.2. The van der Waals surface area contributed by atoms with Crippen LogP contribution in [0.2, 0.25) is 0 Å². The van der Waals surface area contributed by atoms with Gasteiger partial charge >= 0.3 is 0 Å². The van der Waals surface area contributed by atoms with Gasteiger partial charge in [-0.3, -0.25) is 9.48 Å². The normalized spacial score (nSPS) is 13.8. The summed E-state index contributed by atoms with van der Waals surface area (Å²) in [4.78, 5) is 12.2. The molecule has 0 N–H and O–H groups in total. The van der Waals surface area contributed by atoms with E-state index in [2.05, 4.69) is 5.10 Å². The molecule has 0 saturated carbocycles. The number of aldehydes is 1. The second kappa shape index (κ2) is 5.81. The molecule has 21 heavy (non-hydrogen) atoms. The third-order valence-corrected chi connectivity index (χ3v) is 4.43. The SMILES string of the molecule is Cc1nn(C)c(Sc2ccc3c(c2)OCCCO3)c1C=O. The molecule has 3 rings (SSSR count). The Labute approximate surface area is 127 Å². The van der Waals surface area contributed by atoms with Crippen LogP contribution in [0, 0.1) is 6.92 Å². The van der Waals surface area contributed by atoms with E-state index in [1.165, 1.54) is 11.8 Å². The van der Waals surface area contributed by atoms with E-state index in [9.17, 15) is 4.79 Å². The van der Waals surface area contributed by atoms with Gasteiger partial charge in [0.15, 0.2) is 17.8 Å². The Hall–Kier alpha value is -1.95. The Morgan fingerprint density at radius 3 is 2.81 bits per heavy atom. The summed E-state index contributed by atoms with van der Waals surface area (Å²) in [5.74, 6) is 1.53. The Balaban J connectivity index is 1.92. The van der Waals surface area contributed by atoms with Crippen LogP contribution in [-0.2, 0) is 7.05 Å². The molecule has 0 atom stereocenters. The molecule has 2 heterocycles. The molecule has 2 aromatic rings. The van der Waals surface area contributed by atoms with Crippen molar-refractivity contribution in [2.75, 3.05) is 13.2 Å². The molecule has 1 aromatic heterocycles. The van der Waals surface area contributed by atoms with Gasteiger partial charge in [0.25, 0.3) is 0 Å². The van der Waals surface area contributed by atoms with E-state index >= 15 is 0 Å². The number of hydrogen-bond acceptors (Lipinski definition) is 5. The molecule has 1 aliphatic rings. The van der Waals surface area contributed by atoms with E-state index in [1.807, 2.05) is 32.2 Å². The molecule has 0 aliphatic carbocycles. The predicted molar refractivity (Wildman–Crippen MR) is 79.5 cm³/mol. The molecule has 0 fully saturated rings. The molecule has 0 bridgehead atoms. The third-order valence-electron chi connectivity index (χ3n) is 3.27. The minimum absolute atomic E-state index is 0.634. The van der Waals surface area contributed by atoms with Crippen LogP contribution in [0.5, 0.6) is 11.5 Å². The molecule has 5 nitrogen and oxygen atoms in total. The van der Waals surface area contributed by atoms with Gasteiger partial charge in [-0.05, 0) is 25.1 Å². The van der Waals surface area contributed by atoms with E-state index in [1.54, 1.807) is 4.68 Å². The number of rotatable bonds is 3. The highest BCUT2D eigenvalue weighted by Crippen LogP contribution is 2.37. The first-order valence-corrected chi connectivity index (χ1v) is 7.57. The highest BCUT2D eigenvalue weighted by molar-refractivity contribution is 7.99. The van der Waals surface area contributed by atoms with Gasteiger partial charge in [-0.25, -0.2) is 0 Å². The maximum absolute atomic E-state index is 11.2. The number of hydrogen-bond donors (Lipinski definition) is 0. The molecule has 1 aliphatic heterocycles. The summed E-state index contributed by atoms with van der Waals surface area (Å²) >= 11 is 1.50. The summed E-state index contributed by atoms with van der Waals surface area (Å²) in [6.07, 6.45) is 1.74. The van der Waals surface area contributed by atoms with Crippen molar-refractivity contribution in [3.05, 3.63) is 29.5 Å². The number of ether oxygens (including phenoxy) is 2. The minimum atomic E-state index is 0.634. The summed E-state index contributed by atoms with van der Waals surface area (Å²) in [5.41, 5.74) is 1.37. The first-order valence-electron chi connectivity index (χ1n) is 6.75. The summed E-state index contributed by atoms with van der Waals surface area (Å²) in [7, 11) is 1.84. The van der Waals surface area contributed by atoms with E-state index in [0.29, 0.717) is 18.8 Å². The summed E-state index contributed by atoms with van der Waals surface area (Å²) in [6.45, 7) is 3.17. The number of carbonyl (C=O) groups excluding carboxylic acids is 1. The largest absolute Gasteiger partial charge is 0.490 e. The maximum Gasteiger partial charge on any atom is 0.162 e. The number of aromatic nitrogens is 2. The van der Waals surface area contributed by atoms with Gasteiger partial charge in [0, 0.05) is 18.4 Å². The van der Waals surface area contributed by atoms with Crippen molar-refractivity contribution in [3.8, 4) is 11.5 Å². The zero-order valence-corrected chi connectivity index (χ0v) is 12.8. The van der Waals surface area contributed by atoms with Crippen molar-refractivity contribution in [2.45, 2.75) is 23.3 Å². The number of fused-ring (bicyclic) bond motifs is 1. The van der Waals surface area contributed by atoms with Gasteiger partial charge in [0.05, 0.1) is 24.5 Å². The molecule has 0 saturated heterocycles. The molecule has 0 spiro atoms. The topological polar surface area (TPSA) is 53.4 Å². The van der Waals surface area contributed by atoms with E-state index in [0.717, 1.165) is 39.8 Å². The molecule has 1 aromatic carbocycles. The summed E-state index contributed by atoms with van der Waals surface area (Å²) in [5, 5.41) is 5.12. The minimum Gasteiger partial charge on any atom is -0.490 e. The lowest BCUT2D eigenvalue weighted by Gasteiger charge is -2.09. The first kappa shape index (κ1) is 14.0. The Morgan fingerprint density at radius 1 is 1.29 bits per heavy atom. The van der Waals surface area contributed by atoms with E-state index in [-0.39, 0.29) is 0 Å². The lowest BCUT2D eigenvalue weighted by molar-refractivity contribution is 0.112. The molecule has 0 amide bonds. The van der Waals surface area contributed by atoms with Crippen molar-refractivity contribution >= 4 is 18.0 Å². The number of benzene rings is 1. The average Bonchev–Trinajstić information content (AvgIpc) is 2.66. The second-order valence-corrected chi connectivity index (χ2v) is 5.87. The van der Waals surface area contributed by atoms with Crippen LogP contribution in [-0.4, -0.2) is 29.3 Å². The Bertz CT molecular complexity index is 682. The lowest BCUT2D eigenvalue weighted by Crippen LogP contribution is -1.97. The summed E-state index contributed by atoms with van der Waals surface area (Å²) < 4.78 is 13.0. The van der Waals surface area contributed by atoms with E-state index < -0.39 is 0 Å². The van der Waals surface area contributed by atoms with Crippen LogP contribution in [0.25, 0.3) is 0 Å². The number of aryl methyl sites for hydroxylation is 2. The maximum atomic E-state index is 11.2. The third kappa shape index (κ3) is 2.76. The summed E-state index contributed by atoms with van der Waals surface area (Å²) in [6, 6.07) is 5.82. The zero-order chi connectivity index (χ0) is 14.8. The van der Waals surface area contributed by atoms with Gasteiger partial charge in [0.2, 0.25) is 0 Å². The van der Waals surface area contributed by atoms with Crippen molar-refractivity contribution in [2.24, 2.45) is 7.05 Å². The lowest BCUT2D eigenvalue weighted by atomic mass is 10.3. The van der Waals surface area contributed by atoms with Gasteiger partial charge in [0.1, 0.15) is 5.03 Å². The fourth-order valence-electron chi connectivity index (χ4n) is 2.23. The Morgan fingerprint density at radius 2 is 2.05 bits per heavy atom.